The zero-order chi connectivity index (χ0) is 13.7. The van der Waals surface area contributed by atoms with E-state index in [9.17, 15) is 14.7 Å². The number of imidazole rings is 1. The molecule has 1 aromatic rings. The van der Waals surface area contributed by atoms with Gasteiger partial charge >= 0.3 is 5.97 Å². The first-order valence-electron chi connectivity index (χ1n) is 5.03. The van der Waals surface area contributed by atoms with E-state index in [0.717, 1.165) is 0 Å². The molecule has 18 heavy (non-hydrogen) atoms. The third-order valence-corrected chi connectivity index (χ3v) is 2.20. The predicted octanol–water partition coefficient (Wildman–Crippen LogP) is -0.788. The Morgan fingerprint density at radius 1 is 1.67 bits per heavy atom. The summed E-state index contributed by atoms with van der Waals surface area (Å²) < 4.78 is 5.95. The summed E-state index contributed by atoms with van der Waals surface area (Å²) in [5, 5.41) is 9.57. The Hall–Kier alpha value is -2.33. The molecule has 1 aromatic heterocycles. The minimum Gasteiger partial charge on any atom is -0.464 e. The molecule has 1 unspecified atom stereocenters. The highest BCUT2D eigenvalue weighted by atomic mass is 16.5. The van der Waals surface area contributed by atoms with Gasteiger partial charge in [0.2, 0.25) is 0 Å². The largest absolute Gasteiger partial charge is 0.464 e. The summed E-state index contributed by atoms with van der Waals surface area (Å²) >= 11 is 0. The molecule has 3 N–H and O–H groups in total. The SMILES string of the molecule is CC#CCn1cnc(C(O)C(N)=O)c1C(=O)OC. The highest BCUT2D eigenvalue weighted by Crippen LogP contribution is 2.17. The van der Waals surface area contributed by atoms with Crippen LogP contribution in [0, 0.1) is 11.8 Å². The lowest BCUT2D eigenvalue weighted by Crippen LogP contribution is -2.24. The molecule has 0 spiro atoms. The van der Waals surface area contributed by atoms with Crippen molar-refractivity contribution in [2.75, 3.05) is 7.11 Å². The number of aliphatic hydroxyl groups is 1. The Bertz CT molecular complexity index is 524. The fraction of sp³-hybridized carbons (Fsp3) is 0.364. The number of nitrogens with two attached hydrogens (primary N) is 1. The van der Waals surface area contributed by atoms with Crippen LogP contribution in [0.1, 0.15) is 29.2 Å². The van der Waals surface area contributed by atoms with Gasteiger partial charge in [-0.3, -0.25) is 4.79 Å². The number of hydrogen-bond acceptors (Lipinski definition) is 5. The quantitative estimate of drug-likeness (QED) is 0.538. The van der Waals surface area contributed by atoms with Crippen molar-refractivity contribution >= 4 is 11.9 Å². The van der Waals surface area contributed by atoms with Gasteiger partial charge in [0.05, 0.1) is 20.0 Å². The van der Waals surface area contributed by atoms with E-state index in [0.29, 0.717) is 0 Å². The van der Waals surface area contributed by atoms with Crippen LogP contribution in [0.3, 0.4) is 0 Å². The van der Waals surface area contributed by atoms with Gasteiger partial charge < -0.3 is 20.1 Å². The number of aliphatic hydroxyl groups excluding tert-OH is 1. The first-order valence-corrected chi connectivity index (χ1v) is 5.03. The Kier molecular flexibility index (Phi) is 4.45. The Balaban J connectivity index is 3.25. The minimum absolute atomic E-state index is 0.0356. The molecular weight excluding hydrogens is 238 g/mol. The molecule has 7 heteroatoms. The summed E-state index contributed by atoms with van der Waals surface area (Å²) in [6.07, 6.45) is -0.368. The van der Waals surface area contributed by atoms with Gasteiger partial charge in [0, 0.05) is 0 Å². The molecule has 0 saturated carbocycles. The van der Waals surface area contributed by atoms with Gasteiger partial charge in [-0.2, -0.15) is 0 Å². The second-order valence-electron chi connectivity index (χ2n) is 3.33. The molecule has 0 aliphatic carbocycles. The van der Waals surface area contributed by atoms with E-state index in [4.69, 9.17) is 5.73 Å². The van der Waals surface area contributed by atoms with Crippen molar-refractivity contribution in [1.82, 2.24) is 9.55 Å². The van der Waals surface area contributed by atoms with Gasteiger partial charge in [0.25, 0.3) is 5.91 Å². The lowest BCUT2D eigenvalue weighted by atomic mass is 10.2. The van der Waals surface area contributed by atoms with E-state index in [1.54, 1.807) is 6.92 Å². The molecule has 1 rings (SSSR count). The van der Waals surface area contributed by atoms with Gasteiger partial charge in [0.1, 0.15) is 5.69 Å². The standard InChI is InChI=1S/C11H13N3O4/c1-3-4-5-14-6-13-7(9(15)10(12)16)8(14)11(17)18-2/h6,9,15H,5H2,1-2H3,(H2,12,16). The van der Waals surface area contributed by atoms with Crippen LogP contribution in [0.2, 0.25) is 0 Å². The zero-order valence-corrected chi connectivity index (χ0v) is 10.0. The Morgan fingerprint density at radius 3 is 2.83 bits per heavy atom. The number of esters is 1. The summed E-state index contributed by atoms with van der Waals surface area (Å²) in [6, 6.07) is 0. The van der Waals surface area contributed by atoms with Crippen molar-refractivity contribution in [3.8, 4) is 11.8 Å². The molecule has 7 nitrogen and oxygen atoms in total. The van der Waals surface area contributed by atoms with Crippen molar-refractivity contribution < 1.29 is 19.4 Å². The van der Waals surface area contributed by atoms with E-state index in [1.165, 1.54) is 18.0 Å². The van der Waals surface area contributed by atoms with E-state index in [2.05, 4.69) is 21.6 Å². The van der Waals surface area contributed by atoms with Gasteiger partial charge in [-0.25, -0.2) is 9.78 Å². The third kappa shape index (κ3) is 2.67. The van der Waals surface area contributed by atoms with Crippen LogP contribution in [0.5, 0.6) is 0 Å². The number of amides is 1. The number of carbonyl (C=O) groups is 2. The highest BCUT2D eigenvalue weighted by Gasteiger charge is 2.27. The van der Waals surface area contributed by atoms with E-state index in [1.807, 2.05) is 0 Å². The number of rotatable bonds is 4. The average Bonchev–Trinajstić information content (AvgIpc) is 2.77. The molecule has 96 valence electrons. The highest BCUT2D eigenvalue weighted by molar-refractivity contribution is 5.91. The molecule has 0 aromatic carbocycles. The number of hydrogen-bond donors (Lipinski definition) is 2. The number of methoxy groups -OCH3 is 1. The Morgan fingerprint density at radius 2 is 2.33 bits per heavy atom. The summed E-state index contributed by atoms with van der Waals surface area (Å²) in [7, 11) is 1.19. The van der Waals surface area contributed by atoms with Crippen molar-refractivity contribution in [3.05, 3.63) is 17.7 Å². The maximum absolute atomic E-state index is 11.6. The molecule has 1 amide bonds. The zero-order valence-electron chi connectivity index (χ0n) is 10.0. The number of nitrogens with zero attached hydrogens (tertiary/aromatic N) is 2. The molecule has 0 aliphatic heterocycles. The maximum atomic E-state index is 11.6. The second-order valence-corrected chi connectivity index (χ2v) is 3.33. The van der Waals surface area contributed by atoms with E-state index < -0.39 is 18.0 Å². The molecular formula is C11H13N3O4. The molecule has 0 bridgehead atoms. The first-order chi connectivity index (χ1) is 8.52. The number of primary amides is 1. The van der Waals surface area contributed by atoms with Gasteiger partial charge in [0.15, 0.2) is 11.8 Å². The van der Waals surface area contributed by atoms with Crippen LogP contribution in [0.25, 0.3) is 0 Å². The number of aromatic nitrogens is 2. The predicted molar refractivity (Wildman–Crippen MR) is 61.2 cm³/mol. The molecule has 1 heterocycles. The van der Waals surface area contributed by atoms with Crippen molar-refractivity contribution in [1.29, 1.82) is 0 Å². The van der Waals surface area contributed by atoms with Crippen LogP contribution in [-0.4, -0.2) is 33.6 Å². The minimum atomic E-state index is -1.66. The fourth-order valence-electron chi connectivity index (χ4n) is 1.34. The summed E-state index contributed by atoms with van der Waals surface area (Å²) in [6.45, 7) is 1.84. The fourth-order valence-corrected chi connectivity index (χ4v) is 1.34. The van der Waals surface area contributed by atoms with Crippen LogP contribution in [0.4, 0.5) is 0 Å². The molecule has 1 atom stereocenters. The number of ether oxygens (including phenoxy) is 1. The van der Waals surface area contributed by atoms with Crippen LogP contribution in [-0.2, 0) is 16.1 Å². The lowest BCUT2D eigenvalue weighted by Gasteiger charge is -2.08. The van der Waals surface area contributed by atoms with Gasteiger partial charge in [-0.15, -0.1) is 5.92 Å². The van der Waals surface area contributed by atoms with Crippen molar-refractivity contribution in [3.63, 3.8) is 0 Å². The van der Waals surface area contributed by atoms with Crippen LogP contribution in [0.15, 0.2) is 6.33 Å². The molecule has 0 fully saturated rings. The monoisotopic (exact) mass is 251 g/mol. The molecule has 0 aliphatic rings. The summed E-state index contributed by atoms with van der Waals surface area (Å²) in [4.78, 5) is 26.3. The Labute approximate surface area is 104 Å². The molecule has 0 saturated heterocycles. The maximum Gasteiger partial charge on any atom is 0.356 e. The van der Waals surface area contributed by atoms with Crippen molar-refractivity contribution in [2.45, 2.75) is 19.6 Å². The summed E-state index contributed by atoms with van der Waals surface area (Å²) in [5.74, 6) is 3.67. The van der Waals surface area contributed by atoms with E-state index in [-0.39, 0.29) is 17.9 Å². The van der Waals surface area contributed by atoms with Crippen molar-refractivity contribution in [2.24, 2.45) is 5.73 Å². The first kappa shape index (κ1) is 13.7. The summed E-state index contributed by atoms with van der Waals surface area (Å²) in [5.41, 5.74) is 4.80. The number of carbonyl (C=O) groups excluding carboxylic acids is 2. The van der Waals surface area contributed by atoms with E-state index >= 15 is 0 Å². The van der Waals surface area contributed by atoms with Gasteiger partial charge in [-0.1, -0.05) is 5.92 Å². The third-order valence-electron chi connectivity index (χ3n) is 2.20. The second kappa shape index (κ2) is 5.84. The smallest absolute Gasteiger partial charge is 0.356 e. The van der Waals surface area contributed by atoms with Crippen LogP contribution < -0.4 is 5.73 Å². The van der Waals surface area contributed by atoms with Crippen LogP contribution >= 0.6 is 0 Å². The lowest BCUT2D eigenvalue weighted by molar-refractivity contribution is -0.126. The molecule has 0 radical (unpaired) electrons. The normalized spacial score (nSPS) is 11.3. The average molecular weight is 251 g/mol. The van der Waals surface area contributed by atoms with Gasteiger partial charge in [-0.05, 0) is 6.92 Å². The topological polar surface area (TPSA) is 107 Å².